The van der Waals surface area contributed by atoms with Gasteiger partial charge in [0.05, 0.1) is 0 Å². The van der Waals surface area contributed by atoms with Gasteiger partial charge >= 0.3 is 0 Å². The summed E-state index contributed by atoms with van der Waals surface area (Å²) in [6.07, 6.45) is 1.63. The standard InChI is InChI=1S/C12H14BrN3O/c1-8-5-9(7-10(13)6-8)12-15-11(16-17-12)3-2-4-14/h5-7H,2-4,14H2,1H3. The topological polar surface area (TPSA) is 64.9 Å². The van der Waals surface area contributed by atoms with Crippen LogP contribution in [0.4, 0.5) is 0 Å². The Morgan fingerprint density at radius 1 is 1.35 bits per heavy atom. The van der Waals surface area contributed by atoms with E-state index >= 15 is 0 Å². The van der Waals surface area contributed by atoms with Crippen LogP contribution in [-0.2, 0) is 6.42 Å². The molecule has 0 saturated heterocycles. The minimum Gasteiger partial charge on any atom is -0.334 e. The molecule has 0 fully saturated rings. The Morgan fingerprint density at radius 2 is 2.18 bits per heavy atom. The van der Waals surface area contributed by atoms with Crippen molar-refractivity contribution < 1.29 is 4.52 Å². The van der Waals surface area contributed by atoms with E-state index in [4.69, 9.17) is 10.3 Å². The van der Waals surface area contributed by atoms with Gasteiger partial charge in [0, 0.05) is 16.5 Å². The zero-order valence-corrected chi connectivity index (χ0v) is 11.2. The van der Waals surface area contributed by atoms with E-state index in [9.17, 15) is 0 Å². The van der Waals surface area contributed by atoms with Crippen LogP contribution in [0.25, 0.3) is 11.5 Å². The first-order chi connectivity index (χ1) is 8.19. The van der Waals surface area contributed by atoms with E-state index in [2.05, 4.69) is 26.1 Å². The van der Waals surface area contributed by atoms with Crippen molar-refractivity contribution in [3.8, 4) is 11.5 Å². The van der Waals surface area contributed by atoms with Gasteiger partial charge in [-0.05, 0) is 43.7 Å². The second-order valence-corrected chi connectivity index (χ2v) is 4.84. The van der Waals surface area contributed by atoms with Gasteiger partial charge in [0.25, 0.3) is 5.89 Å². The van der Waals surface area contributed by atoms with Crippen LogP contribution < -0.4 is 5.73 Å². The molecule has 2 rings (SSSR count). The van der Waals surface area contributed by atoms with Crippen molar-refractivity contribution in [2.24, 2.45) is 5.73 Å². The number of nitrogens with two attached hydrogens (primary N) is 1. The molecule has 4 nitrogen and oxygen atoms in total. The first-order valence-corrected chi connectivity index (χ1v) is 6.28. The molecular formula is C12H14BrN3O. The highest BCUT2D eigenvalue weighted by Gasteiger charge is 2.09. The average molecular weight is 296 g/mol. The number of hydrogen-bond acceptors (Lipinski definition) is 4. The van der Waals surface area contributed by atoms with Gasteiger partial charge in [-0.3, -0.25) is 0 Å². The Kier molecular flexibility index (Phi) is 3.91. The first kappa shape index (κ1) is 12.3. The third kappa shape index (κ3) is 3.14. The Morgan fingerprint density at radius 3 is 2.88 bits per heavy atom. The van der Waals surface area contributed by atoms with Crippen LogP contribution >= 0.6 is 15.9 Å². The maximum atomic E-state index is 5.44. The SMILES string of the molecule is Cc1cc(Br)cc(-c2nc(CCCN)no2)c1. The van der Waals surface area contributed by atoms with E-state index in [0.717, 1.165) is 28.4 Å². The van der Waals surface area contributed by atoms with E-state index in [-0.39, 0.29) is 0 Å². The molecule has 2 N–H and O–H groups in total. The van der Waals surface area contributed by atoms with Crippen LogP contribution in [0, 0.1) is 6.92 Å². The van der Waals surface area contributed by atoms with E-state index < -0.39 is 0 Å². The third-order valence-electron chi connectivity index (χ3n) is 2.36. The first-order valence-electron chi connectivity index (χ1n) is 5.49. The minimum atomic E-state index is 0.557. The van der Waals surface area contributed by atoms with Gasteiger partial charge in [-0.2, -0.15) is 4.98 Å². The molecule has 0 unspecified atom stereocenters. The molecule has 17 heavy (non-hydrogen) atoms. The Balaban J connectivity index is 2.24. The summed E-state index contributed by atoms with van der Waals surface area (Å²) >= 11 is 3.45. The van der Waals surface area contributed by atoms with Crippen LogP contribution in [0.2, 0.25) is 0 Å². The molecule has 0 aliphatic heterocycles. The zero-order valence-electron chi connectivity index (χ0n) is 9.61. The number of benzene rings is 1. The van der Waals surface area contributed by atoms with Crippen molar-refractivity contribution >= 4 is 15.9 Å². The molecule has 0 spiro atoms. The van der Waals surface area contributed by atoms with Crippen molar-refractivity contribution in [2.75, 3.05) is 6.54 Å². The fourth-order valence-electron chi connectivity index (χ4n) is 1.59. The Bertz CT molecular complexity index is 490. The van der Waals surface area contributed by atoms with E-state index in [1.54, 1.807) is 0 Å². The molecule has 2 aromatic rings. The molecule has 0 aliphatic carbocycles. The average Bonchev–Trinajstić information content (AvgIpc) is 2.73. The molecule has 0 saturated carbocycles. The lowest BCUT2D eigenvalue weighted by Crippen LogP contribution is -2.01. The van der Waals surface area contributed by atoms with Crippen molar-refractivity contribution in [1.29, 1.82) is 0 Å². The number of nitrogens with zero attached hydrogens (tertiary/aromatic N) is 2. The van der Waals surface area contributed by atoms with Gasteiger partial charge in [-0.15, -0.1) is 0 Å². The highest BCUT2D eigenvalue weighted by Crippen LogP contribution is 2.23. The summed E-state index contributed by atoms with van der Waals surface area (Å²) in [6.45, 7) is 2.67. The summed E-state index contributed by atoms with van der Waals surface area (Å²) in [7, 11) is 0. The normalized spacial score (nSPS) is 10.8. The van der Waals surface area contributed by atoms with Gasteiger partial charge in [0.1, 0.15) is 0 Å². The minimum absolute atomic E-state index is 0.557. The molecule has 0 aliphatic rings. The Labute approximate surface area is 108 Å². The van der Waals surface area contributed by atoms with Crippen LogP contribution in [0.5, 0.6) is 0 Å². The van der Waals surface area contributed by atoms with Crippen LogP contribution in [-0.4, -0.2) is 16.7 Å². The maximum absolute atomic E-state index is 5.44. The van der Waals surface area contributed by atoms with E-state index in [0.29, 0.717) is 18.3 Å². The number of aryl methyl sites for hydroxylation is 2. The molecular weight excluding hydrogens is 282 g/mol. The van der Waals surface area contributed by atoms with Crippen molar-refractivity contribution in [3.63, 3.8) is 0 Å². The maximum Gasteiger partial charge on any atom is 0.257 e. The second kappa shape index (κ2) is 5.42. The Hall–Kier alpha value is -1.20. The molecule has 90 valence electrons. The van der Waals surface area contributed by atoms with Crippen LogP contribution in [0.3, 0.4) is 0 Å². The molecule has 0 bridgehead atoms. The fraction of sp³-hybridized carbons (Fsp3) is 0.333. The van der Waals surface area contributed by atoms with E-state index in [1.165, 1.54) is 0 Å². The summed E-state index contributed by atoms with van der Waals surface area (Å²) < 4.78 is 6.24. The number of halogens is 1. The monoisotopic (exact) mass is 295 g/mol. The van der Waals surface area contributed by atoms with Gasteiger partial charge in [0.15, 0.2) is 5.82 Å². The van der Waals surface area contributed by atoms with E-state index in [1.807, 2.05) is 25.1 Å². The second-order valence-electron chi connectivity index (χ2n) is 3.93. The van der Waals surface area contributed by atoms with Crippen molar-refractivity contribution in [1.82, 2.24) is 10.1 Å². The summed E-state index contributed by atoms with van der Waals surface area (Å²) in [5, 5.41) is 3.93. The van der Waals surface area contributed by atoms with Crippen LogP contribution in [0.1, 0.15) is 17.8 Å². The molecule has 0 amide bonds. The summed E-state index contributed by atoms with van der Waals surface area (Å²) in [6, 6.07) is 6.02. The lowest BCUT2D eigenvalue weighted by atomic mass is 10.1. The summed E-state index contributed by atoms with van der Waals surface area (Å²) in [5.74, 6) is 1.27. The van der Waals surface area contributed by atoms with Crippen molar-refractivity contribution in [2.45, 2.75) is 19.8 Å². The molecule has 1 heterocycles. The quantitative estimate of drug-likeness (QED) is 0.942. The molecule has 0 radical (unpaired) electrons. The molecule has 5 heteroatoms. The highest BCUT2D eigenvalue weighted by atomic mass is 79.9. The van der Waals surface area contributed by atoms with Gasteiger partial charge in [-0.1, -0.05) is 21.1 Å². The van der Waals surface area contributed by atoms with Gasteiger partial charge in [-0.25, -0.2) is 0 Å². The number of rotatable bonds is 4. The van der Waals surface area contributed by atoms with Crippen molar-refractivity contribution in [3.05, 3.63) is 34.1 Å². The predicted octanol–water partition coefficient (Wildman–Crippen LogP) is 2.70. The highest BCUT2D eigenvalue weighted by molar-refractivity contribution is 9.10. The molecule has 1 aromatic heterocycles. The molecule has 0 atom stereocenters. The number of hydrogen-bond donors (Lipinski definition) is 1. The zero-order chi connectivity index (χ0) is 12.3. The lowest BCUT2D eigenvalue weighted by molar-refractivity contribution is 0.422. The predicted molar refractivity (Wildman–Crippen MR) is 69.5 cm³/mol. The largest absolute Gasteiger partial charge is 0.334 e. The molecule has 1 aromatic carbocycles. The number of aromatic nitrogens is 2. The van der Waals surface area contributed by atoms with Crippen LogP contribution in [0.15, 0.2) is 27.2 Å². The summed E-state index contributed by atoms with van der Waals surface area (Å²) in [5.41, 5.74) is 7.52. The van der Waals surface area contributed by atoms with Gasteiger partial charge < -0.3 is 10.3 Å². The fourth-order valence-corrected chi connectivity index (χ4v) is 2.20. The van der Waals surface area contributed by atoms with Gasteiger partial charge in [0.2, 0.25) is 0 Å². The smallest absolute Gasteiger partial charge is 0.257 e. The third-order valence-corrected chi connectivity index (χ3v) is 2.82. The lowest BCUT2D eigenvalue weighted by Gasteiger charge is -1.98. The summed E-state index contributed by atoms with van der Waals surface area (Å²) in [4.78, 5) is 4.35.